The van der Waals surface area contributed by atoms with E-state index in [0.717, 1.165) is 19.5 Å². The highest BCUT2D eigenvalue weighted by Crippen LogP contribution is 2.18. The molecule has 1 atom stereocenters. The summed E-state index contributed by atoms with van der Waals surface area (Å²) in [6, 6.07) is 1.67. The third-order valence-corrected chi connectivity index (χ3v) is 3.10. The zero-order chi connectivity index (χ0) is 11.4. The Hall–Kier alpha value is -1.42. The van der Waals surface area contributed by atoms with Crippen LogP contribution in [0.1, 0.15) is 29.6 Å². The van der Waals surface area contributed by atoms with Crippen LogP contribution in [0.4, 0.5) is 5.69 Å². The average molecular weight is 219 g/mol. The number of aromatic nitrogens is 1. The number of Topliss-reactive ketones (excluding diaryl/α,β-unsaturated/α-hetero) is 1. The molecule has 2 rings (SSSR count). The van der Waals surface area contributed by atoms with Crippen LogP contribution in [0.25, 0.3) is 0 Å². The normalized spacial score (nSPS) is 19.9. The van der Waals surface area contributed by atoms with Crippen molar-refractivity contribution in [2.24, 2.45) is 5.92 Å². The van der Waals surface area contributed by atoms with Crippen molar-refractivity contribution in [2.75, 3.05) is 18.8 Å². The van der Waals surface area contributed by atoms with Crippen LogP contribution in [0.3, 0.4) is 0 Å². The predicted molar refractivity (Wildman–Crippen MR) is 63.2 cm³/mol. The second kappa shape index (κ2) is 5.07. The van der Waals surface area contributed by atoms with Gasteiger partial charge in [-0.3, -0.25) is 9.78 Å². The number of nitrogen functional groups attached to an aromatic ring is 1. The van der Waals surface area contributed by atoms with Crippen LogP contribution in [-0.2, 0) is 0 Å². The summed E-state index contributed by atoms with van der Waals surface area (Å²) in [7, 11) is 0. The Kier molecular flexibility index (Phi) is 3.51. The van der Waals surface area contributed by atoms with Crippen LogP contribution < -0.4 is 11.1 Å². The molecule has 1 saturated heterocycles. The van der Waals surface area contributed by atoms with Gasteiger partial charge in [-0.1, -0.05) is 0 Å². The first-order valence-corrected chi connectivity index (χ1v) is 5.71. The van der Waals surface area contributed by atoms with Crippen molar-refractivity contribution >= 4 is 11.5 Å². The first-order valence-electron chi connectivity index (χ1n) is 5.71. The third-order valence-electron chi connectivity index (χ3n) is 3.10. The molecule has 0 saturated carbocycles. The van der Waals surface area contributed by atoms with E-state index in [1.165, 1.54) is 6.42 Å². The number of nitrogens with one attached hydrogen (secondary N) is 1. The molecular formula is C12H17N3O. The maximum atomic E-state index is 11.9. The Morgan fingerprint density at radius 1 is 1.62 bits per heavy atom. The summed E-state index contributed by atoms with van der Waals surface area (Å²) in [4.78, 5) is 15.8. The Balaban J connectivity index is 1.90. The summed E-state index contributed by atoms with van der Waals surface area (Å²) in [5, 5.41) is 3.30. The van der Waals surface area contributed by atoms with Crippen molar-refractivity contribution in [3.8, 4) is 0 Å². The van der Waals surface area contributed by atoms with Gasteiger partial charge in [0.1, 0.15) is 0 Å². The molecule has 0 spiro atoms. The van der Waals surface area contributed by atoms with Gasteiger partial charge in [0, 0.05) is 24.5 Å². The third kappa shape index (κ3) is 2.58. The molecule has 1 unspecified atom stereocenters. The lowest BCUT2D eigenvalue weighted by Gasteiger charge is -2.07. The fraction of sp³-hybridized carbons (Fsp3) is 0.500. The standard InChI is InChI=1S/C12H17N3O/c13-11-4-6-15-8-10(11)12(16)2-1-9-3-5-14-7-9/h4,6,8-9,14H,1-3,5,7H2,(H2,13,15). The van der Waals surface area contributed by atoms with Gasteiger partial charge >= 0.3 is 0 Å². The molecule has 0 aromatic carbocycles. The second-order valence-corrected chi connectivity index (χ2v) is 4.28. The summed E-state index contributed by atoms with van der Waals surface area (Å²) < 4.78 is 0. The number of rotatable bonds is 4. The second-order valence-electron chi connectivity index (χ2n) is 4.28. The minimum Gasteiger partial charge on any atom is -0.398 e. The molecule has 1 aliphatic heterocycles. The van der Waals surface area contributed by atoms with Gasteiger partial charge in [0.05, 0.1) is 5.56 Å². The van der Waals surface area contributed by atoms with E-state index in [1.54, 1.807) is 18.5 Å². The van der Waals surface area contributed by atoms with E-state index in [1.807, 2.05) is 0 Å². The molecule has 0 bridgehead atoms. The summed E-state index contributed by atoms with van der Waals surface area (Å²) >= 11 is 0. The van der Waals surface area contributed by atoms with Crippen molar-refractivity contribution in [1.82, 2.24) is 10.3 Å². The van der Waals surface area contributed by atoms with Crippen molar-refractivity contribution in [1.29, 1.82) is 0 Å². The summed E-state index contributed by atoms with van der Waals surface area (Å²) in [5.74, 6) is 0.749. The van der Waals surface area contributed by atoms with Crippen molar-refractivity contribution in [2.45, 2.75) is 19.3 Å². The predicted octanol–water partition coefficient (Wildman–Crippen LogP) is 1.24. The number of hydrogen-bond acceptors (Lipinski definition) is 4. The molecular weight excluding hydrogens is 202 g/mol. The van der Waals surface area contributed by atoms with Crippen LogP contribution in [0, 0.1) is 5.92 Å². The SMILES string of the molecule is Nc1ccncc1C(=O)CCC1CCNC1. The summed E-state index contributed by atoms with van der Waals surface area (Å²) in [6.07, 6.45) is 5.86. The van der Waals surface area contributed by atoms with E-state index in [0.29, 0.717) is 23.6 Å². The van der Waals surface area contributed by atoms with Crippen LogP contribution in [0.5, 0.6) is 0 Å². The highest BCUT2D eigenvalue weighted by atomic mass is 16.1. The maximum absolute atomic E-state index is 11.9. The molecule has 3 N–H and O–H groups in total. The Labute approximate surface area is 95.3 Å². The van der Waals surface area contributed by atoms with E-state index in [9.17, 15) is 4.79 Å². The number of nitrogens with two attached hydrogens (primary N) is 1. The number of ketones is 1. The quantitative estimate of drug-likeness (QED) is 0.747. The van der Waals surface area contributed by atoms with Crippen LogP contribution in [0.15, 0.2) is 18.5 Å². The van der Waals surface area contributed by atoms with Crippen LogP contribution in [0.2, 0.25) is 0 Å². The number of anilines is 1. The van der Waals surface area contributed by atoms with Gasteiger partial charge in [0.2, 0.25) is 0 Å². The topological polar surface area (TPSA) is 68.0 Å². The first-order chi connectivity index (χ1) is 7.77. The molecule has 1 aromatic heterocycles. The van der Waals surface area contributed by atoms with E-state index < -0.39 is 0 Å². The van der Waals surface area contributed by atoms with Gasteiger partial charge in [0.25, 0.3) is 0 Å². The molecule has 4 nitrogen and oxygen atoms in total. The molecule has 1 aliphatic rings. The highest BCUT2D eigenvalue weighted by molar-refractivity contribution is 6.00. The van der Waals surface area contributed by atoms with Gasteiger partial charge in [-0.15, -0.1) is 0 Å². The largest absolute Gasteiger partial charge is 0.398 e. The molecule has 1 fully saturated rings. The first kappa shape index (κ1) is 11.1. The summed E-state index contributed by atoms with van der Waals surface area (Å²) in [6.45, 7) is 2.11. The summed E-state index contributed by atoms with van der Waals surface area (Å²) in [5.41, 5.74) is 6.83. The molecule has 86 valence electrons. The number of carbonyl (C=O) groups is 1. The smallest absolute Gasteiger partial charge is 0.166 e. The molecule has 0 radical (unpaired) electrons. The van der Waals surface area contributed by atoms with Crippen molar-refractivity contribution in [3.63, 3.8) is 0 Å². The van der Waals surface area contributed by atoms with E-state index in [-0.39, 0.29) is 5.78 Å². The Morgan fingerprint density at radius 2 is 2.50 bits per heavy atom. The van der Waals surface area contributed by atoms with Crippen molar-refractivity contribution in [3.05, 3.63) is 24.0 Å². The maximum Gasteiger partial charge on any atom is 0.166 e. The van der Waals surface area contributed by atoms with Gasteiger partial charge in [0.15, 0.2) is 5.78 Å². The van der Waals surface area contributed by atoms with Gasteiger partial charge in [-0.2, -0.15) is 0 Å². The zero-order valence-electron chi connectivity index (χ0n) is 9.28. The van der Waals surface area contributed by atoms with Gasteiger partial charge in [-0.05, 0) is 37.9 Å². The van der Waals surface area contributed by atoms with Gasteiger partial charge in [-0.25, -0.2) is 0 Å². The van der Waals surface area contributed by atoms with E-state index in [4.69, 9.17) is 5.73 Å². The van der Waals surface area contributed by atoms with Crippen LogP contribution in [-0.4, -0.2) is 23.9 Å². The number of carbonyl (C=O) groups excluding carboxylic acids is 1. The zero-order valence-corrected chi connectivity index (χ0v) is 9.28. The van der Waals surface area contributed by atoms with E-state index >= 15 is 0 Å². The molecule has 4 heteroatoms. The number of hydrogen-bond donors (Lipinski definition) is 2. The minimum absolute atomic E-state index is 0.109. The molecule has 0 amide bonds. The van der Waals surface area contributed by atoms with E-state index in [2.05, 4.69) is 10.3 Å². The fourth-order valence-corrected chi connectivity index (χ4v) is 2.07. The molecule has 1 aromatic rings. The fourth-order valence-electron chi connectivity index (χ4n) is 2.07. The minimum atomic E-state index is 0.109. The molecule has 16 heavy (non-hydrogen) atoms. The Morgan fingerprint density at radius 3 is 3.19 bits per heavy atom. The van der Waals surface area contributed by atoms with Crippen molar-refractivity contribution < 1.29 is 4.79 Å². The van der Waals surface area contributed by atoms with Gasteiger partial charge < -0.3 is 11.1 Å². The lowest BCUT2D eigenvalue weighted by atomic mass is 9.98. The molecule has 0 aliphatic carbocycles. The molecule has 2 heterocycles. The highest BCUT2D eigenvalue weighted by Gasteiger charge is 2.17. The lowest BCUT2D eigenvalue weighted by Crippen LogP contribution is -2.11. The number of pyridine rings is 1. The Bertz CT molecular complexity index is 372. The lowest BCUT2D eigenvalue weighted by molar-refractivity contribution is 0.0975. The monoisotopic (exact) mass is 219 g/mol. The number of nitrogens with zero attached hydrogens (tertiary/aromatic N) is 1. The average Bonchev–Trinajstić information content (AvgIpc) is 2.79. The van der Waals surface area contributed by atoms with Crippen LogP contribution >= 0.6 is 0 Å².